The minimum atomic E-state index is 0.347. The van der Waals surface area contributed by atoms with Crippen LogP contribution in [-0.4, -0.2) is 5.11 Å². The monoisotopic (exact) mass is 240 g/mol. The predicted octanol–water partition coefficient (Wildman–Crippen LogP) is 3.66. The summed E-state index contributed by atoms with van der Waals surface area (Å²) in [4.78, 5) is 0. The molecule has 0 heterocycles. The van der Waals surface area contributed by atoms with Gasteiger partial charge in [-0.15, -0.1) is 0 Å². The van der Waals surface area contributed by atoms with Gasteiger partial charge < -0.3 is 5.11 Å². The molecule has 1 nitrogen and oxygen atoms in total. The van der Waals surface area contributed by atoms with Crippen LogP contribution in [0.15, 0.2) is 34.3 Å². The van der Waals surface area contributed by atoms with Gasteiger partial charge in [0.25, 0.3) is 0 Å². The highest BCUT2D eigenvalue weighted by Gasteiger charge is 2.02. The molecule has 1 aromatic carbocycles. The van der Waals surface area contributed by atoms with E-state index in [1.54, 1.807) is 0 Å². The molecule has 1 aromatic rings. The first kappa shape index (κ1) is 10.3. The van der Waals surface area contributed by atoms with Crippen molar-refractivity contribution in [3.63, 3.8) is 0 Å². The lowest BCUT2D eigenvalue weighted by Crippen LogP contribution is -1.83. The van der Waals surface area contributed by atoms with Gasteiger partial charge in [0.05, 0.1) is 4.47 Å². The summed E-state index contributed by atoms with van der Waals surface area (Å²) < 4.78 is 0.757. The van der Waals surface area contributed by atoms with E-state index in [1.807, 2.05) is 18.2 Å². The molecule has 0 saturated heterocycles. The van der Waals surface area contributed by atoms with Crippen molar-refractivity contribution in [3.8, 4) is 5.75 Å². The number of phenolic OH excluding ortho intramolecular Hbond substituents is 1. The van der Waals surface area contributed by atoms with E-state index in [4.69, 9.17) is 0 Å². The minimum absolute atomic E-state index is 0.347. The van der Waals surface area contributed by atoms with E-state index in [-0.39, 0.29) is 0 Å². The van der Waals surface area contributed by atoms with E-state index in [2.05, 4.69) is 35.9 Å². The van der Waals surface area contributed by atoms with Gasteiger partial charge in [-0.25, -0.2) is 0 Å². The van der Waals surface area contributed by atoms with Crippen LogP contribution in [0.25, 0.3) is 0 Å². The first-order valence-electron chi connectivity index (χ1n) is 4.21. The number of allylic oxidation sites excluding steroid dienone is 2. The van der Waals surface area contributed by atoms with Crippen molar-refractivity contribution in [1.82, 2.24) is 0 Å². The van der Waals surface area contributed by atoms with Crippen LogP contribution in [0.2, 0.25) is 0 Å². The average Bonchev–Trinajstić information content (AvgIpc) is 2.07. The molecule has 0 aliphatic carbocycles. The summed E-state index contributed by atoms with van der Waals surface area (Å²) in [5.74, 6) is 0.347. The number of benzene rings is 1. The molecular weight excluding hydrogens is 228 g/mol. The lowest BCUT2D eigenvalue weighted by molar-refractivity contribution is 0.466. The molecule has 70 valence electrons. The van der Waals surface area contributed by atoms with Crippen molar-refractivity contribution < 1.29 is 5.11 Å². The fourth-order valence-electron chi connectivity index (χ4n) is 1.04. The summed E-state index contributed by atoms with van der Waals surface area (Å²) in [6, 6.07) is 5.69. The molecule has 0 radical (unpaired) electrons. The summed E-state index contributed by atoms with van der Waals surface area (Å²) in [7, 11) is 0. The van der Waals surface area contributed by atoms with Gasteiger partial charge in [-0.3, -0.25) is 0 Å². The first-order valence-corrected chi connectivity index (χ1v) is 5.00. The summed E-state index contributed by atoms with van der Waals surface area (Å²) in [6.45, 7) is 4.10. The molecule has 0 atom stereocenters. The molecule has 0 aliphatic rings. The maximum atomic E-state index is 9.63. The maximum absolute atomic E-state index is 9.63. The molecule has 13 heavy (non-hydrogen) atoms. The molecule has 1 rings (SSSR count). The highest BCUT2D eigenvalue weighted by atomic mass is 79.9. The number of hydrogen-bond donors (Lipinski definition) is 1. The maximum Gasteiger partial charge on any atom is 0.133 e. The van der Waals surface area contributed by atoms with E-state index in [1.165, 1.54) is 5.57 Å². The Labute approximate surface area is 87.2 Å². The molecule has 1 N–H and O–H groups in total. The van der Waals surface area contributed by atoms with Crippen molar-refractivity contribution in [1.29, 1.82) is 0 Å². The van der Waals surface area contributed by atoms with Gasteiger partial charge in [-0.1, -0.05) is 23.8 Å². The summed E-state index contributed by atoms with van der Waals surface area (Å²) in [5, 5.41) is 9.63. The average molecular weight is 241 g/mol. The molecular formula is C11H13BrO. The lowest BCUT2D eigenvalue weighted by atomic mass is 10.1. The second kappa shape index (κ2) is 4.47. The van der Waals surface area contributed by atoms with Crippen molar-refractivity contribution in [3.05, 3.63) is 39.9 Å². The molecule has 0 bridgehead atoms. The van der Waals surface area contributed by atoms with Gasteiger partial charge >= 0.3 is 0 Å². The van der Waals surface area contributed by atoms with Crippen molar-refractivity contribution in [2.75, 3.05) is 0 Å². The first-order chi connectivity index (χ1) is 6.11. The van der Waals surface area contributed by atoms with Gasteiger partial charge in [0.2, 0.25) is 0 Å². The fourth-order valence-corrected chi connectivity index (χ4v) is 1.45. The van der Waals surface area contributed by atoms with Gasteiger partial charge in [0.1, 0.15) is 5.75 Å². The fraction of sp³-hybridized carbons (Fsp3) is 0.273. The Morgan fingerprint density at radius 3 is 2.77 bits per heavy atom. The number of phenols is 1. The Hall–Kier alpha value is -0.760. The van der Waals surface area contributed by atoms with E-state index < -0.39 is 0 Å². The van der Waals surface area contributed by atoms with Crippen molar-refractivity contribution in [2.24, 2.45) is 0 Å². The summed E-state index contributed by atoms with van der Waals surface area (Å²) >= 11 is 3.28. The highest BCUT2D eigenvalue weighted by Crippen LogP contribution is 2.27. The van der Waals surface area contributed by atoms with E-state index >= 15 is 0 Å². The van der Waals surface area contributed by atoms with Crippen LogP contribution in [0.4, 0.5) is 0 Å². The minimum Gasteiger partial charge on any atom is -0.506 e. The predicted molar refractivity (Wildman–Crippen MR) is 58.9 cm³/mol. The van der Waals surface area contributed by atoms with Crippen LogP contribution in [0.1, 0.15) is 19.4 Å². The van der Waals surface area contributed by atoms with Crippen LogP contribution < -0.4 is 0 Å². The number of rotatable bonds is 2. The van der Waals surface area contributed by atoms with Gasteiger partial charge in [0.15, 0.2) is 0 Å². The topological polar surface area (TPSA) is 20.2 Å². The summed E-state index contributed by atoms with van der Waals surface area (Å²) in [6.07, 6.45) is 2.88. The second-order valence-electron chi connectivity index (χ2n) is 3.23. The molecule has 0 spiro atoms. The van der Waals surface area contributed by atoms with Crippen LogP contribution in [0.5, 0.6) is 5.75 Å². The number of halogens is 1. The number of hydrogen-bond acceptors (Lipinski definition) is 1. The van der Waals surface area contributed by atoms with Gasteiger partial charge in [-0.2, -0.15) is 0 Å². The zero-order valence-electron chi connectivity index (χ0n) is 7.84. The van der Waals surface area contributed by atoms with Gasteiger partial charge in [0, 0.05) is 0 Å². The Morgan fingerprint density at radius 1 is 1.46 bits per heavy atom. The zero-order chi connectivity index (χ0) is 9.84. The van der Waals surface area contributed by atoms with E-state index in [9.17, 15) is 5.11 Å². The Balaban J connectivity index is 2.89. The van der Waals surface area contributed by atoms with Crippen LogP contribution in [0.3, 0.4) is 0 Å². The SMILES string of the molecule is CC(C)=CCc1cccc(Br)c1O. The molecule has 0 saturated carbocycles. The quantitative estimate of drug-likeness (QED) is 0.783. The third-order valence-electron chi connectivity index (χ3n) is 1.80. The molecule has 0 aliphatic heterocycles. The third kappa shape index (κ3) is 2.88. The Kier molecular flexibility index (Phi) is 3.55. The third-order valence-corrected chi connectivity index (χ3v) is 2.44. The second-order valence-corrected chi connectivity index (χ2v) is 4.09. The lowest BCUT2D eigenvalue weighted by Gasteiger charge is -2.03. The Morgan fingerprint density at radius 2 is 2.15 bits per heavy atom. The van der Waals surface area contributed by atoms with Crippen LogP contribution >= 0.6 is 15.9 Å². The van der Waals surface area contributed by atoms with Gasteiger partial charge in [-0.05, 0) is 47.8 Å². The zero-order valence-corrected chi connectivity index (χ0v) is 9.43. The largest absolute Gasteiger partial charge is 0.506 e. The number of para-hydroxylation sites is 1. The van der Waals surface area contributed by atoms with E-state index in [0.717, 1.165) is 16.5 Å². The molecule has 0 unspecified atom stereocenters. The molecule has 0 amide bonds. The standard InChI is InChI=1S/C11H13BrO/c1-8(2)6-7-9-4-3-5-10(12)11(9)13/h3-6,13H,7H2,1-2H3. The highest BCUT2D eigenvalue weighted by molar-refractivity contribution is 9.10. The molecule has 0 aromatic heterocycles. The van der Waals surface area contributed by atoms with Crippen LogP contribution in [-0.2, 0) is 6.42 Å². The normalized spacial score (nSPS) is 9.77. The Bertz CT molecular complexity index is 325. The summed E-state index contributed by atoms with van der Waals surface area (Å²) in [5.41, 5.74) is 2.22. The van der Waals surface area contributed by atoms with Crippen molar-refractivity contribution >= 4 is 15.9 Å². The van der Waals surface area contributed by atoms with Crippen LogP contribution in [0, 0.1) is 0 Å². The van der Waals surface area contributed by atoms with Crippen molar-refractivity contribution in [2.45, 2.75) is 20.3 Å². The molecule has 0 fully saturated rings. The van der Waals surface area contributed by atoms with E-state index in [0.29, 0.717) is 5.75 Å². The number of aromatic hydroxyl groups is 1. The molecule has 2 heteroatoms. The smallest absolute Gasteiger partial charge is 0.133 e.